The van der Waals surface area contributed by atoms with Crippen LogP contribution in [-0.2, 0) is 28.6 Å². The highest BCUT2D eigenvalue weighted by Gasteiger charge is 2.19. The Labute approximate surface area is 421 Å². The molecule has 0 aromatic heterocycles. The van der Waals surface area contributed by atoms with Gasteiger partial charge in [-0.1, -0.05) is 229 Å². The van der Waals surface area contributed by atoms with Crippen molar-refractivity contribution in [3.05, 3.63) is 72.9 Å². The van der Waals surface area contributed by atoms with Crippen LogP contribution in [0, 0.1) is 0 Å². The lowest BCUT2D eigenvalue weighted by Crippen LogP contribution is -2.30. The fourth-order valence-corrected chi connectivity index (χ4v) is 8.07. The lowest BCUT2D eigenvalue weighted by atomic mass is 10.0. The van der Waals surface area contributed by atoms with E-state index in [-0.39, 0.29) is 37.5 Å². The van der Waals surface area contributed by atoms with Gasteiger partial charge in [0.1, 0.15) is 13.2 Å². The van der Waals surface area contributed by atoms with E-state index in [4.69, 9.17) is 14.2 Å². The molecule has 6 heteroatoms. The molecule has 1 unspecified atom stereocenters. The maximum atomic E-state index is 12.8. The van der Waals surface area contributed by atoms with Crippen molar-refractivity contribution in [2.45, 2.75) is 290 Å². The van der Waals surface area contributed by atoms with Gasteiger partial charge in [0.25, 0.3) is 0 Å². The van der Waals surface area contributed by atoms with E-state index in [1.807, 2.05) is 0 Å². The largest absolute Gasteiger partial charge is 0.462 e. The zero-order valence-corrected chi connectivity index (χ0v) is 44.9. The Bertz CT molecular complexity index is 1270. The lowest BCUT2D eigenvalue weighted by molar-refractivity contribution is -0.167. The zero-order valence-electron chi connectivity index (χ0n) is 44.9. The average Bonchev–Trinajstić information content (AvgIpc) is 3.34. The molecule has 0 aliphatic heterocycles. The molecule has 0 amide bonds. The summed E-state index contributed by atoms with van der Waals surface area (Å²) in [6, 6.07) is 0. The first-order valence-electron chi connectivity index (χ1n) is 28.9. The molecular formula is C62H108O6. The van der Waals surface area contributed by atoms with Crippen LogP contribution in [-0.4, -0.2) is 37.2 Å². The maximum absolute atomic E-state index is 12.8. The predicted molar refractivity (Wildman–Crippen MR) is 293 cm³/mol. The molecule has 0 fully saturated rings. The van der Waals surface area contributed by atoms with Crippen LogP contribution in [0.4, 0.5) is 0 Å². The quantitative estimate of drug-likeness (QED) is 0.0262. The Morgan fingerprint density at radius 1 is 0.309 bits per heavy atom. The van der Waals surface area contributed by atoms with Crippen molar-refractivity contribution in [3.63, 3.8) is 0 Å². The second-order valence-electron chi connectivity index (χ2n) is 19.2. The number of hydrogen-bond acceptors (Lipinski definition) is 6. The molecule has 1 atom stereocenters. The predicted octanol–water partition coefficient (Wildman–Crippen LogP) is 19.4. The van der Waals surface area contributed by atoms with Gasteiger partial charge in [0.15, 0.2) is 6.10 Å². The average molecular weight is 950 g/mol. The van der Waals surface area contributed by atoms with Gasteiger partial charge in [-0.15, -0.1) is 0 Å². The first-order chi connectivity index (χ1) is 33.5. The summed E-state index contributed by atoms with van der Waals surface area (Å²) in [5.41, 5.74) is 0. The van der Waals surface area contributed by atoms with Crippen molar-refractivity contribution in [1.82, 2.24) is 0 Å². The monoisotopic (exact) mass is 949 g/mol. The molecule has 0 radical (unpaired) electrons. The lowest BCUT2D eigenvalue weighted by Gasteiger charge is -2.18. The van der Waals surface area contributed by atoms with Crippen LogP contribution in [0.3, 0.4) is 0 Å². The smallest absolute Gasteiger partial charge is 0.306 e. The minimum Gasteiger partial charge on any atom is -0.462 e. The summed E-state index contributed by atoms with van der Waals surface area (Å²) in [4.78, 5) is 38.1. The standard InChI is InChI=1S/C62H108O6/c1-4-7-10-13-16-19-22-25-27-28-29-30-31-32-33-34-36-37-40-43-46-49-52-55-61(64)67-58-59(57-66-60(63)54-51-48-45-42-39-24-21-18-15-12-9-6-3)68-62(65)56-53-50-47-44-41-38-35-26-23-20-17-14-11-8-5-2/h8,11,17-18,20-21,26,28-29,35,41,44,59H,4-7,9-10,12-16,19,22-25,27,30-34,36-40,42-43,45-58H2,1-3H3/b11-8-,20-17-,21-18-,29-28-,35-26-,44-41-. The van der Waals surface area contributed by atoms with E-state index in [1.165, 1.54) is 154 Å². The summed E-state index contributed by atoms with van der Waals surface area (Å²) in [5.74, 6) is -0.940. The molecule has 0 aliphatic rings. The molecule has 0 spiro atoms. The fourth-order valence-electron chi connectivity index (χ4n) is 8.07. The number of carbonyl (C=O) groups is 3. The van der Waals surface area contributed by atoms with Crippen molar-refractivity contribution in [1.29, 1.82) is 0 Å². The van der Waals surface area contributed by atoms with Crippen molar-refractivity contribution in [3.8, 4) is 0 Å². The van der Waals surface area contributed by atoms with E-state index in [9.17, 15) is 14.4 Å². The fraction of sp³-hybridized carbons (Fsp3) is 0.758. The van der Waals surface area contributed by atoms with E-state index >= 15 is 0 Å². The van der Waals surface area contributed by atoms with Crippen LogP contribution in [0.1, 0.15) is 284 Å². The third kappa shape index (κ3) is 53.8. The van der Waals surface area contributed by atoms with Crippen LogP contribution in [0.5, 0.6) is 0 Å². The van der Waals surface area contributed by atoms with Gasteiger partial charge in [0.2, 0.25) is 0 Å². The molecule has 0 aromatic rings. The number of carbonyl (C=O) groups excluding carboxylic acids is 3. The second kappa shape index (κ2) is 56.4. The van der Waals surface area contributed by atoms with Crippen molar-refractivity contribution in [2.24, 2.45) is 0 Å². The van der Waals surface area contributed by atoms with Crippen molar-refractivity contribution in [2.75, 3.05) is 13.2 Å². The normalized spacial score (nSPS) is 12.6. The molecule has 0 bridgehead atoms. The molecule has 0 N–H and O–H groups in total. The first kappa shape index (κ1) is 64.8. The first-order valence-corrected chi connectivity index (χ1v) is 28.9. The number of allylic oxidation sites excluding steroid dienone is 12. The van der Waals surface area contributed by atoms with Crippen LogP contribution in [0.2, 0.25) is 0 Å². The molecule has 0 aromatic carbocycles. The number of hydrogen-bond donors (Lipinski definition) is 0. The minimum atomic E-state index is -0.800. The van der Waals surface area contributed by atoms with Gasteiger partial charge in [0, 0.05) is 19.3 Å². The molecule has 0 heterocycles. The number of rotatable bonds is 52. The summed E-state index contributed by atoms with van der Waals surface area (Å²) in [7, 11) is 0. The topological polar surface area (TPSA) is 78.9 Å². The molecule has 0 rings (SSSR count). The van der Waals surface area contributed by atoms with E-state index < -0.39 is 6.10 Å². The van der Waals surface area contributed by atoms with Gasteiger partial charge >= 0.3 is 17.9 Å². The Morgan fingerprint density at radius 2 is 0.574 bits per heavy atom. The minimum absolute atomic E-state index is 0.0943. The molecule has 68 heavy (non-hydrogen) atoms. The van der Waals surface area contributed by atoms with Gasteiger partial charge < -0.3 is 14.2 Å². The van der Waals surface area contributed by atoms with Gasteiger partial charge in [-0.3, -0.25) is 14.4 Å². The Morgan fingerprint density at radius 3 is 0.971 bits per heavy atom. The van der Waals surface area contributed by atoms with E-state index in [1.54, 1.807) is 0 Å². The van der Waals surface area contributed by atoms with Crippen LogP contribution in [0.25, 0.3) is 0 Å². The summed E-state index contributed by atoms with van der Waals surface area (Å²) >= 11 is 0. The SMILES string of the molecule is CC/C=C\C/C=C\C/C=C\C/C=C\CCCCC(=O)OC(COC(=O)CCCCCCC/C=C\CCCCC)COC(=O)CCCCCCCCCCCCC/C=C\CCCCCCCCCC. The Hall–Kier alpha value is -3.15. The highest BCUT2D eigenvalue weighted by Crippen LogP contribution is 2.15. The van der Waals surface area contributed by atoms with Gasteiger partial charge in [-0.05, 0) is 109 Å². The number of esters is 3. The summed E-state index contributed by atoms with van der Waals surface area (Å²) in [6.45, 7) is 6.47. The van der Waals surface area contributed by atoms with E-state index in [2.05, 4.69) is 93.7 Å². The second-order valence-corrected chi connectivity index (χ2v) is 19.2. The van der Waals surface area contributed by atoms with E-state index in [0.29, 0.717) is 19.3 Å². The third-order valence-electron chi connectivity index (χ3n) is 12.4. The van der Waals surface area contributed by atoms with Crippen LogP contribution >= 0.6 is 0 Å². The molecule has 0 saturated heterocycles. The Balaban J connectivity index is 4.33. The summed E-state index contributed by atoms with van der Waals surface area (Å²) in [6.07, 6.45) is 71.9. The summed E-state index contributed by atoms with van der Waals surface area (Å²) in [5, 5.41) is 0. The highest BCUT2D eigenvalue weighted by atomic mass is 16.6. The Kier molecular flexibility index (Phi) is 53.8. The van der Waals surface area contributed by atoms with Gasteiger partial charge in [0.05, 0.1) is 0 Å². The van der Waals surface area contributed by atoms with Gasteiger partial charge in [-0.25, -0.2) is 0 Å². The number of unbranched alkanes of at least 4 members (excludes halogenated alkanes) is 29. The highest BCUT2D eigenvalue weighted by molar-refractivity contribution is 5.71. The van der Waals surface area contributed by atoms with E-state index in [0.717, 1.165) is 83.5 Å². The van der Waals surface area contributed by atoms with Crippen LogP contribution < -0.4 is 0 Å². The zero-order chi connectivity index (χ0) is 49.3. The molecular weight excluding hydrogens is 841 g/mol. The number of ether oxygens (including phenoxy) is 3. The van der Waals surface area contributed by atoms with Crippen molar-refractivity contribution < 1.29 is 28.6 Å². The summed E-state index contributed by atoms with van der Waals surface area (Å²) < 4.78 is 16.8. The maximum Gasteiger partial charge on any atom is 0.306 e. The molecule has 392 valence electrons. The molecule has 6 nitrogen and oxygen atoms in total. The van der Waals surface area contributed by atoms with Crippen molar-refractivity contribution >= 4 is 17.9 Å². The van der Waals surface area contributed by atoms with Gasteiger partial charge in [-0.2, -0.15) is 0 Å². The third-order valence-corrected chi connectivity index (χ3v) is 12.4. The molecule has 0 saturated carbocycles. The molecule has 0 aliphatic carbocycles. The van der Waals surface area contributed by atoms with Crippen LogP contribution in [0.15, 0.2) is 72.9 Å².